The highest BCUT2D eigenvalue weighted by molar-refractivity contribution is 7.93. The Morgan fingerprint density at radius 3 is 2.34 bits per heavy atom. The summed E-state index contributed by atoms with van der Waals surface area (Å²) in [7, 11) is -4.06. The van der Waals surface area contributed by atoms with Crippen LogP contribution in [0.2, 0.25) is 0 Å². The van der Waals surface area contributed by atoms with E-state index in [9.17, 15) is 13.2 Å². The second-order valence-corrected chi connectivity index (χ2v) is 9.08. The quantitative estimate of drug-likeness (QED) is 0.497. The Balaban J connectivity index is 1.71. The number of hydrogen-bond acceptors (Lipinski definition) is 7. The molecule has 0 radical (unpaired) electrons. The molecule has 0 saturated carbocycles. The third kappa shape index (κ3) is 3.27. The second-order valence-electron chi connectivity index (χ2n) is 6.82. The Hall–Kier alpha value is -2.88. The molecule has 0 spiro atoms. The topological polar surface area (TPSA) is 118 Å². The molecule has 8 nitrogen and oxygen atoms in total. The number of hydroxylamine groups is 1. The van der Waals surface area contributed by atoms with Crippen LogP contribution in [0.25, 0.3) is 22.3 Å². The average molecular weight is 413 g/mol. The molecule has 4 rings (SSSR count). The van der Waals surface area contributed by atoms with Crippen molar-refractivity contribution in [1.82, 2.24) is 15.4 Å². The smallest absolute Gasteiger partial charge is 0.265 e. The van der Waals surface area contributed by atoms with Crippen molar-refractivity contribution < 1.29 is 23.2 Å². The number of benzene rings is 2. The zero-order valence-electron chi connectivity index (χ0n) is 15.4. The van der Waals surface area contributed by atoms with E-state index < -0.39 is 20.5 Å². The second kappa shape index (κ2) is 7.51. The third-order valence-corrected chi connectivity index (χ3v) is 7.75. The zero-order valence-corrected chi connectivity index (χ0v) is 16.2. The lowest BCUT2D eigenvalue weighted by Crippen LogP contribution is -2.54. The summed E-state index contributed by atoms with van der Waals surface area (Å²) in [5.41, 5.74) is 4.34. The minimum atomic E-state index is -4.06. The number of rotatable bonds is 4. The van der Waals surface area contributed by atoms with Gasteiger partial charge in [0.05, 0.1) is 27.8 Å². The van der Waals surface area contributed by atoms with Crippen LogP contribution < -0.4 is 5.48 Å². The molecule has 1 fully saturated rings. The highest BCUT2D eigenvalue weighted by Gasteiger charge is 2.52. The molecule has 1 aromatic heterocycles. The molecule has 1 amide bonds. The molecule has 3 aromatic rings. The van der Waals surface area contributed by atoms with Crippen LogP contribution in [0.3, 0.4) is 0 Å². The van der Waals surface area contributed by atoms with Gasteiger partial charge in [0.25, 0.3) is 5.91 Å². The summed E-state index contributed by atoms with van der Waals surface area (Å²) in [5, 5.41) is 9.12. The fraction of sp³-hybridized carbons (Fsp3) is 0.250. The van der Waals surface area contributed by atoms with Gasteiger partial charge in [-0.15, -0.1) is 0 Å². The molecule has 0 bridgehead atoms. The van der Waals surface area contributed by atoms with Crippen molar-refractivity contribution in [3.63, 3.8) is 0 Å². The highest BCUT2D eigenvalue weighted by atomic mass is 32.2. The Bertz CT molecular complexity index is 1160. The van der Waals surface area contributed by atoms with Crippen LogP contribution in [0.15, 0.2) is 59.6 Å². The summed E-state index contributed by atoms with van der Waals surface area (Å²) in [6, 6.07) is 13.6. The highest BCUT2D eigenvalue weighted by Crippen LogP contribution is 2.36. The van der Waals surface area contributed by atoms with Crippen molar-refractivity contribution in [2.24, 2.45) is 0 Å². The van der Waals surface area contributed by atoms with E-state index in [1.54, 1.807) is 18.3 Å². The fourth-order valence-corrected chi connectivity index (χ4v) is 5.49. The summed E-state index contributed by atoms with van der Waals surface area (Å²) < 4.78 is 30.0. The van der Waals surface area contributed by atoms with E-state index in [0.29, 0.717) is 11.3 Å². The number of amides is 1. The van der Waals surface area contributed by atoms with Crippen LogP contribution in [0, 0.1) is 0 Å². The Morgan fingerprint density at radius 1 is 1.03 bits per heavy atom. The van der Waals surface area contributed by atoms with Gasteiger partial charge in [0, 0.05) is 18.8 Å². The molecule has 150 valence electrons. The van der Waals surface area contributed by atoms with Gasteiger partial charge in [0.2, 0.25) is 0 Å². The van der Waals surface area contributed by atoms with Gasteiger partial charge >= 0.3 is 0 Å². The summed E-state index contributed by atoms with van der Waals surface area (Å²) in [4.78, 5) is 21.2. The van der Waals surface area contributed by atoms with Gasteiger partial charge in [-0.1, -0.05) is 24.3 Å². The molecule has 1 aliphatic rings. The Kier molecular flexibility index (Phi) is 5.03. The molecule has 2 aromatic carbocycles. The van der Waals surface area contributed by atoms with Gasteiger partial charge in [0.1, 0.15) is 0 Å². The zero-order chi connectivity index (χ0) is 20.5. The molecule has 29 heavy (non-hydrogen) atoms. The van der Waals surface area contributed by atoms with Crippen LogP contribution in [-0.4, -0.2) is 47.5 Å². The van der Waals surface area contributed by atoms with Crippen molar-refractivity contribution in [1.29, 1.82) is 0 Å². The maximum Gasteiger partial charge on any atom is 0.265 e. The minimum absolute atomic E-state index is 0.000461. The van der Waals surface area contributed by atoms with Gasteiger partial charge in [-0.3, -0.25) is 15.0 Å². The Morgan fingerprint density at radius 2 is 1.69 bits per heavy atom. The molecule has 1 saturated heterocycles. The van der Waals surface area contributed by atoms with Crippen molar-refractivity contribution in [3.8, 4) is 11.3 Å². The minimum Gasteiger partial charge on any atom is -0.381 e. The number of nitrogens with one attached hydrogen (secondary N) is 1. The van der Waals surface area contributed by atoms with Crippen molar-refractivity contribution in [2.45, 2.75) is 22.5 Å². The van der Waals surface area contributed by atoms with Crippen LogP contribution in [-0.2, 0) is 19.4 Å². The number of ether oxygens (including phenoxy) is 1. The first-order valence-corrected chi connectivity index (χ1v) is 10.6. The number of carbonyl (C=O) groups excluding carboxylic acids is 1. The van der Waals surface area contributed by atoms with E-state index in [-0.39, 0.29) is 31.0 Å². The fourth-order valence-electron chi connectivity index (χ4n) is 3.55. The molecule has 9 heteroatoms. The van der Waals surface area contributed by atoms with Crippen molar-refractivity contribution in [2.75, 3.05) is 13.2 Å². The molecular formula is C20H19N3O5S. The van der Waals surface area contributed by atoms with E-state index >= 15 is 0 Å². The lowest BCUT2D eigenvalue weighted by molar-refractivity contribution is -0.134. The largest absolute Gasteiger partial charge is 0.381 e. The number of carbonyl (C=O) groups is 1. The van der Waals surface area contributed by atoms with Gasteiger partial charge in [0.15, 0.2) is 14.6 Å². The predicted molar refractivity (Wildman–Crippen MR) is 105 cm³/mol. The maximum atomic E-state index is 13.3. The number of para-hydroxylation sites is 2. The SMILES string of the molecule is O=C(NO)C1(S(=O)(=O)c2ccc(-c3cnc4ccccc4n3)cc2)CCOCC1. The average Bonchev–Trinajstić information content (AvgIpc) is 2.78. The first kappa shape index (κ1) is 19.4. The van der Waals surface area contributed by atoms with Crippen LogP contribution in [0.1, 0.15) is 12.8 Å². The van der Waals surface area contributed by atoms with E-state index in [1.165, 1.54) is 17.6 Å². The maximum absolute atomic E-state index is 13.3. The monoisotopic (exact) mass is 413 g/mol. The van der Waals surface area contributed by atoms with Crippen LogP contribution >= 0.6 is 0 Å². The first-order valence-electron chi connectivity index (χ1n) is 9.07. The lowest BCUT2D eigenvalue weighted by Gasteiger charge is -2.34. The molecule has 0 aliphatic carbocycles. The standard InChI is InChI=1S/C20H19N3O5S/c24-19(23-25)20(9-11-28-12-10-20)29(26,27)15-7-5-14(6-8-15)18-13-21-16-3-1-2-4-17(16)22-18/h1-8,13,25H,9-12H2,(H,23,24). The molecule has 0 unspecified atom stereocenters. The van der Waals surface area contributed by atoms with E-state index in [1.807, 2.05) is 24.3 Å². The number of nitrogens with zero attached hydrogens (tertiary/aromatic N) is 2. The van der Waals surface area contributed by atoms with Crippen molar-refractivity contribution in [3.05, 3.63) is 54.7 Å². The molecule has 1 aliphatic heterocycles. The predicted octanol–water partition coefficient (Wildman–Crippen LogP) is 2.13. The number of hydrogen-bond donors (Lipinski definition) is 2. The number of sulfone groups is 1. The van der Waals surface area contributed by atoms with Crippen LogP contribution in [0.5, 0.6) is 0 Å². The number of aromatic nitrogens is 2. The lowest BCUT2D eigenvalue weighted by atomic mass is 9.98. The summed E-state index contributed by atoms with van der Waals surface area (Å²) in [5.74, 6) is -0.940. The first-order chi connectivity index (χ1) is 14.0. The van der Waals surface area contributed by atoms with Gasteiger partial charge in [-0.25, -0.2) is 18.9 Å². The van der Waals surface area contributed by atoms with E-state index in [2.05, 4.69) is 9.97 Å². The van der Waals surface area contributed by atoms with E-state index in [0.717, 1.165) is 11.0 Å². The molecule has 2 heterocycles. The normalized spacial score (nSPS) is 16.4. The number of fused-ring (bicyclic) bond motifs is 1. The summed E-state index contributed by atoms with van der Waals surface area (Å²) >= 11 is 0. The van der Waals surface area contributed by atoms with Crippen molar-refractivity contribution >= 4 is 26.8 Å². The molecular weight excluding hydrogens is 394 g/mol. The van der Waals surface area contributed by atoms with E-state index in [4.69, 9.17) is 9.94 Å². The van der Waals surface area contributed by atoms with Gasteiger partial charge in [-0.05, 0) is 37.1 Å². The summed E-state index contributed by atoms with van der Waals surface area (Å²) in [6.07, 6.45) is 1.57. The third-order valence-electron chi connectivity index (χ3n) is 5.24. The summed E-state index contributed by atoms with van der Waals surface area (Å²) in [6.45, 7) is 0.245. The molecule has 2 N–H and O–H groups in total. The van der Waals surface area contributed by atoms with Gasteiger partial charge < -0.3 is 4.74 Å². The Labute approximate surface area is 167 Å². The van der Waals surface area contributed by atoms with Gasteiger partial charge in [-0.2, -0.15) is 0 Å². The molecule has 0 atom stereocenters. The van der Waals surface area contributed by atoms with Crippen LogP contribution in [0.4, 0.5) is 0 Å².